The summed E-state index contributed by atoms with van der Waals surface area (Å²) in [5.41, 5.74) is 5.89. The highest BCUT2D eigenvalue weighted by Crippen LogP contribution is 2.38. The summed E-state index contributed by atoms with van der Waals surface area (Å²) < 4.78 is 0.205. The number of hydrogen-bond acceptors (Lipinski definition) is 5. The fraction of sp³-hybridized carbons (Fsp3) is 0.714. The lowest BCUT2D eigenvalue weighted by Gasteiger charge is -2.40. The minimum atomic E-state index is -0.0302. The number of nitrogens with one attached hydrogen (secondary N) is 1. The van der Waals surface area contributed by atoms with E-state index in [1.807, 2.05) is 11.8 Å². The molecule has 0 radical (unpaired) electrons. The van der Waals surface area contributed by atoms with Crippen LogP contribution in [0.3, 0.4) is 0 Å². The molecule has 2 aliphatic rings. The van der Waals surface area contributed by atoms with E-state index in [2.05, 4.69) is 21.1 Å². The number of nitrogens with two attached hydrogens (primary N) is 1. The van der Waals surface area contributed by atoms with E-state index < -0.39 is 0 Å². The van der Waals surface area contributed by atoms with Crippen molar-refractivity contribution in [3.05, 3.63) is 22.2 Å². The number of nitrogens with zero attached hydrogens (tertiary/aromatic N) is 2. The monoisotopic (exact) mass is 294 g/mol. The predicted octanol–water partition coefficient (Wildman–Crippen LogP) is 1.31. The van der Waals surface area contributed by atoms with Gasteiger partial charge >= 0.3 is 0 Å². The van der Waals surface area contributed by atoms with Crippen LogP contribution in [0.1, 0.15) is 37.4 Å². The Morgan fingerprint density at radius 3 is 2.75 bits per heavy atom. The number of piperidine rings is 1. The highest BCUT2D eigenvalue weighted by molar-refractivity contribution is 8.00. The zero-order valence-electron chi connectivity index (χ0n) is 11.9. The van der Waals surface area contributed by atoms with Crippen molar-refractivity contribution in [1.82, 2.24) is 9.97 Å². The van der Waals surface area contributed by atoms with E-state index in [1.165, 1.54) is 0 Å². The van der Waals surface area contributed by atoms with Crippen LogP contribution in [0.4, 0.5) is 5.82 Å². The lowest BCUT2D eigenvalue weighted by molar-refractivity contribution is 0.454. The summed E-state index contributed by atoms with van der Waals surface area (Å²) in [6, 6.07) is 1.63. The number of H-pyrrole nitrogens is 1. The van der Waals surface area contributed by atoms with Crippen molar-refractivity contribution in [2.45, 2.75) is 36.3 Å². The zero-order valence-corrected chi connectivity index (χ0v) is 12.7. The first-order valence-electron chi connectivity index (χ1n) is 7.27. The van der Waals surface area contributed by atoms with Crippen molar-refractivity contribution in [2.24, 2.45) is 5.73 Å². The molecule has 1 aromatic rings. The van der Waals surface area contributed by atoms with Crippen molar-refractivity contribution in [2.75, 3.05) is 30.8 Å². The van der Waals surface area contributed by atoms with E-state index in [4.69, 9.17) is 5.73 Å². The van der Waals surface area contributed by atoms with Gasteiger partial charge < -0.3 is 15.6 Å². The summed E-state index contributed by atoms with van der Waals surface area (Å²) in [4.78, 5) is 21.5. The Labute approximate surface area is 123 Å². The van der Waals surface area contributed by atoms with Crippen LogP contribution in [-0.4, -0.2) is 40.6 Å². The van der Waals surface area contributed by atoms with Gasteiger partial charge in [0, 0.05) is 36.4 Å². The summed E-state index contributed by atoms with van der Waals surface area (Å²) in [5.74, 6) is 2.18. The normalized spacial score (nSPS) is 22.0. The molecule has 1 aliphatic carbocycles. The van der Waals surface area contributed by atoms with Gasteiger partial charge in [0.1, 0.15) is 11.6 Å². The Morgan fingerprint density at radius 1 is 1.50 bits per heavy atom. The van der Waals surface area contributed by atoms with Crippen LogP contribution in [-0.2, 0) is 0 Å². The van der Waals surface area contributed by atoms with Crippen LogP contribution in [0.25, 0.3) is 0 Å². The molecule has 1 aliphatic heterocycles. The maximum Gasteiger partial charge on any atom is 0.252 e. The average molecular weight is 294 g/mol. The molecule has 1 aromatic heterocycles. The molecule has 0 atom stereocenters. The molecule has 6 heteroatoms. The Morgan fingerprint density at radius 2 is 2.20 bits per heavy atom. The third-order valence-electron chi connectivity index (χ3n) is 4.51. The summed E-state index contributed by atoms with van der Waals surface area (Å²) >= 11 is 1.87. The van der Waals surface area contributed by atoms with Gasteiger partial charge in [0.2, 0.25) is 0 Å². The summed E-state index contributed by atoms with van der Waals surface area (Å²) in [6.07, 6.45) is 6.54. The van der Waals surface area contributed by atoms with Crippen molar-refractivity contribution in [3.8, 4) is 0 Å². The quantitative estimate of drug-likeness (QED) is 0.875. The largest absolute Gasteiger partial charge is 0.356 e. The van der Waals surface area contributed by atoms with Crippen LogP contribution in [0.15, 0.2) is 10.9 Å². The maximum absolute atomic E-state index is 11.8. The van der Waals surface area contributed by atoms with Gasteiger partial charge in [-0.2, -0.15) is 11.8 Å². The van der Waals surface area contributed by atoms with Crippen LogP contribution in [0.2, 0.25) is 0 Å². The number of anilines is 1. The van der Waals surface area contributed by atoms with Crippen molar-refractivity contribution < 1.29 is 0 Å². The van der Waals surface area contributed by atoms with E-state index in [0.717, 1.165) is 57.0 Å². The van der Waals surface area contributed by atoms with Crippen molar-refractivity contribution in [3.63, 3.8) is 0 Å². The highest BCUT2D eigenvalue weighted by atomic mass is 32.2. The molecule has 3 rings (SSSR count). The predicted molar refractivity (Wildman–Crippen MR) is 83.6 cm³/mol. The van der Waals surface area contributed by atoms with Gasteiger partial charge in [-0.05, 0) is 31.9 Å². The topological polar surface area (TPSA) is 75.0 Å². The first kappa shape index (κ1) is 13.9. The Hall–Kier alpha value is -1.01. The molecule has 3 N–H and O–H groups in total. The van der Waals surface area contributed by atoms with E-state index >= 15 is 0 Å². The molecule has 2 fully saturated rings. The molecule has 5 nitrogen and oxygen atoms in total. The van der Waals surface area contributed by atoms with Crippen LogP contribution in [0, 0.1) is 0 Å². The Bertz CT molecular complexity index is 526. The molecule has 0 unspecified atom stereocenters. The molecule has 110 valence electrons. The van der Waals surface area contributed by atoms with Crippen LogP contribution < -0.4 is 16.2 Å². The summed E-state index contributed by atoms with van der Waals surface area (Å²) in [7, 11) is 0. The number of aromatic nitrogens is 2. The highest BCUT2D eigenvalue weighted by Gasteiger charge is 2.33. The van der Waals surface area contributed by atoms with Gasteiger partial charge in [0.05, 0.1) is 0 Å². The summed E-state index contributed by atoms with van der Waals surface area (Å²) in [6.45, 7) is 2.58. The van der Waals surface area contributed by atoms with Gasteiger partial charge in [-0.15, -0.1) is 0 Å². The number of aromatic amines is 1. The molecule has 0 spiro atoms. The Kier molecular flexibility index (Phi) is 3.77. The van der Waals surface area contributed by atoms with E-state index in [9.17, 15) is 4.79 Å². The second kappa shape index (κ2) is 5.41. The number of hydrogen-bond donors (Lipinski definition) is 2. The van der Waals surface area contributed by atoms with Gasteiger partial charge in [0.15, 0.2) is 0 Å². The fourth-order valence-corrected chi connectivity index (χ4v) is 3.57. The first-order valence-corrected chi connectivity index (χ1v) is 8.50. The molecular weight excluding hydrogens is 272 g/mol. The fourth-order valence-electron chi connectivity index (χ4n) is 2.81. The first-order chi connectivity index (χ1) is 9.65. The smallest absolute Gasteiger partial charge is 0.252 e. The maximum atomic E-state index is 11.8. The number of thioether (sulfide) groups is 1. The molecule has 2 heterocycles. The number of rotatable bonds is 4. The van der Waals surface area contributed by atoms with E-state index in [0.29, 0.717) is 5.92 Å². The van der Waals surface area contributed by atoms with Gasteiger partial charge in [-0.1, -0.05) is 0 Å². The molecule has 0 aromatic carbocycles. The lowest BCUT2D eigenvalue weighted by Crippen LogP contribution is -2.47. The molecular formula is C14H22N4OS. The molecule has 1 saturated carbocycles. The van der Waals surface area contributed by atoms with Gasteiger partial charge in [-0.25, -0.2) is 4.98 Å². The van der Waals surface area contributed by atoms with Gasteiger partial charge in [0.25, 0.3) is 5.56 Å². The van der Waals surface area contributed by atoms with Crippen LogP contribution in [0.5, 0.6) is 0 Å². The van der Waals surface area contributed by atoms with Crippen LogP contribution >= 0.6 is 11.8 Å². The summed E-state index contributed by atoms with van der Waals surface area (Å²) in [5, 5.41) is 0. The minimum Gasteiger partial charge on any atom is -0.356 e. The zero-order chi connectivity index (χ0) is 14.2. The molecule has 20 heavy (non-hydrogen) atoms. The van der Waals surface area contributed by atoms with Crippen molar-refractivity contribution >= 4 is 17.6 Å². The lowest BCUT2D eigenvalue weighted by atomic mass is 9.96. The van der Waals surface area contributed by atoms with Crippen molar-refractivity contribution in [1.29, 1.82) is 0 Å². The molecule has 0 bridgehead atoms. The third-order valence-corrected chi connectivity index (χ3v) is 5.96. The Balaban J connectivity index is 1.76. The third kappa shape index (κ3) is 2.72. The van der Waals surface area contributed by atoms with E-state index in [1.54, 1.807) is 6.07 Å². The molecule has 0 amide bonds. The van der Waals surface area contributed by atoms with Gasteiger partial charge in [-0.3, -0.25) is 4.79 Å². The van der Waals surface area contributed by atoms with E-state index in [-0.39, 0.29) is 10.3 Å². The average Bonchev–Trinajstić information content (AvgIpc) is 3.31. The SMILES string of the molecule is CSC1(CN)CCN(c2cc(=O)[nH]c(C3CC3)n2)CC1. The minimum absolute atomic E-state index is 0.0302. The standard InChI is InChI=1S/C14H22N4OS/c1-20-14(9-15)4-6-18(7-5-14)11-8-12(19)17-13(16-11)10-2-3-10/h8,10H,2-7,9,15H2,1H3,(H,16,17,19). The second-order valence-corrected chi connectivity index (χ2v) is 7.12. The second-order valence-electron chi connectivity index (χ2n) is 5.84. The molecule has 1 saturated heterocycles.